The lowest BCUT2D eigenvalue weighted by molar-refractivity contribution is 0.0606. The number of rotatable bonds is 5. The summed E-state index contributed by atoms with van der Waals surface area (Å²) in [4.78, 5) is 4.31. The maximum absolute atomic E-state index is 5.93. The van der Waals surface area contributed by atoms with Crippen LogP contribution in [0, 0.1) is 12.8 Å². The van der Waals surface area contributed by atoms with Gasteiger partial charge in [0, 0.05) is 19.0 Å². The fourth-order valence-electron chi connectivity index (χ4n) is 2.62. The van der Waals surface area contributed by atoms with Crippen LogP contribution < -0.4 is 5.32 Å². The molecular weight excluding hydrogens is 224 g/mol. The van der Waals surface area contributed by atoms with Gasteiger partial charge in [-0.2, -0.15) is 0 Å². The first-order valence-electron chi connectivity index (χ1n) is 6.99. The molecule has 0 aromatic carbocycles. The summed E-state index contributed by atoms with van der Waals surface area (Å²) in [6.07, 6.45) is 6.44. The lowest BCUT2D eigenvalue weighted by atomic mass is 9.92. The Hall–Kier alpha value is -0.930. The molecule has 1 aliphatic heterocycles. The smallest absolute Gasteiger partial charge is 0.0796 e. The van der Waals surface area contributed by atoms with Crippen LogP contribution in [0.5, 0.6) is 0 Å². The van der Waals surface area contributed by atoms with E-state index in [2.05, 4.69) is 37.1 Å². The second-order valence-electron chi connectivity index (χ2n) is 5.33. The molecule has 3 heteroatoms. The van der Waals surface area contributed by atoms with Crippen molar-refractivity contribution < 1.29 is 4.74 Å². The summed E-state index contributed by atoms with van der Waals surface area (Å²) >= 11 is 0. The van der Waals surface area contributed by atoms with E-state index in [1.54, 1.807) is 0 Å². The molecule has 3 atom stereocenters. The highest BCUT2D eigenvalue weighted by molar-refractivity contribution is 5.21. The molecule has 1 saturated heterocycles. The summed E-state index contributed by atoms with van der Waals surface area (Å²) in [5, 5.41) is 3.62. The Bertz CT molecular complexity index is 381. The van der Waals surface area contributed by atoms with Crippen LogP contribution in [0.15, 0.2) is 18.5 Å². The zero-order valence-corrected chi connectivity index (χ0v) is 11.6. The topological polar surface area (TPSA) is 34.2 Å². The molecule has 100 valence electrons. The first-order chi connectivity index (χ1) is 8.72. The van der Waals surface area contributed by atoms with Gasteiger partial charge in [0.25, 0.3) is 0 Å². The first kappa shape index (κ1) is 13.5. The van der Waals surface area contributed by atoms with Crippen molar-refractivity contribution in [2.45, 2.75) is 45.8 Å². The van der Waals surface area contributed by atoms with E-state index >= 15 is 0 Å². The van der Waals surface area contributed by atoms with Crippen LogP contribution in [0.25, 0.3) is 0 Å². The molecule has 2 rings (SSSR count). The molecule has 0 saturated carbocycles. The van der Waals surface area contributed by atoms with Gasteiger partial charge >= 0.3 is 0 Å². The Morgan fingerprint density at radius 1 is 1.50 bits per heavy atom. The highest BCUT2D eigenvalue weighted by Crippen LogP contribution is 2.31. The number of aryl methyl sites for hydroxylation is 1. The minimum atomic E-state index is 0.273. The van der Waals surface area contributed by atoms with Gasteiger partial charge in [-0.3, -0.25) is 4.98 Å². The summed E-state index contributed by atoms with van der Waals surface area (Å²) in [6.45, 7) is 8.46. The lowest BCUT2D eigenvalue weighted by Gasteiger charge is -2.27. The molecule has 0 aliphatic carbocycles. The molecular formula is C15H24N2O. The molecule has 3 nitrogen and oxygen atoms in total. The molecule has 1 N–H and O–H groups in total. The van der Waals surface area contributed by atoms with E-state index in [1.807, 2.05) is 12.4 Å². The number of aromatic nitrogens is 1. The number of hydrogen-bond donors (Lipinski definition) is 1. The summed E-state index contributed by atoms with van der Waals surface area (Å²) in [6, 6.07) is 2.49. The predicted molar refractivity (Wildman–Crippen MR) is 73.5 cm³/mol. The number of nitrogens with one attached hydrogen (secondary N) is 1. The largest absolute Gasteiger partial charge is 0.376 e. The Morgan fingerprint density at radius 2 is 2.33 bits per heavy atom. The average molecular weight is 248 g/mol. The molecule has 0 bridgehead atoms. The van der Waals surface area contributed by atoms with Crippen LogP contribution in [0.1, 0.15) is 43.9 Å². The minimum Gasteiger partial charge on any atom is -0.376 e. The van der Waals surface area contributed by atoms with Gasteiger partial charge in [0.1, 0.15) is 0 Å². The van der Waals surface area contributed by atoms with E-state index in [-0.39, 0.29) is 12.1 Å². The van der Waals surface area contributed by atoms with Crippen LogP contribution in [0.3, 0.4) is 0 Å². The fourth-order valence-corrected chi connectivity index (χ4v) is 2.62. The Kier molecular flexibility index (Phi) is 4.72. The van der Waals surface area contributed by atoms with E-state index in [1.165, 1.54) is 11.1 Å². The average Bonchev–Trinajstić information content (AvgIpc) is 2.77. The predicted octanol–water partition coefficient (Wildman–Crippen LogP) is 2.86. The van der Waals surface area contributed by atoms with Crippen molar-refractivity contribution in [1.29, 1.82) is 0 Å². The molecule has 1 aromatic rings. The van der Waals surface area contributed by atoms with Gasteiger partial charge in [0.05, 0.1) is 12.1 Å². The minimum absolute atomic E-state index is 0.273. The van der Waals surface area contributed by atoms with Crippen molar-refractivity contribution in [3.8, 4) is 0 Å². The van der Waals surface area contributed by atoms with Crippen molar-refractivity contribution in [2.75, 3.05) is 13.2 Å². The normalized spacial score (nSPS) is 25.3. The highest BCUT2D eigenvalue weighted by atomic mass is 16.5. The summed E-state index contributed by atoms with van der Waals surface area (Å²) in [5.74, 6) is 0.611. The molecule has 0 spiro atoms. The van der Waals surface area contributed by atoms with Gasteiger partial charge < -0.3 is 10.1 Å². The first-order valence-corrected chi connectivity index (χ1v) is 6.99. The molecule has 1 aromatic heterocycles. The van der Waals surface area contributed by atoms with Gasteiger partial charge in [-0.05, 0) is 43.4 Å². The molecule has 3 unspecified atom stereocenters. The quantitative estimate of drug-likeness (QED) is 0.870. The molecule has 1 fully saturated rings. The maximum atomic E-state index is 5.93. The lowest BCUT2D eigenvalue weighted by Crippen LogP contribution is -2.35. The van der Waals surface area contributed by atoms with Crippen molar-refractivity contribution in [1.82, 2.24) is 10.3 Å². The Morgan fingerprint density at radius 3 is 2.94 bits per heavy atom. The highest BCUT2D eigenvalue weighted by Gasteiger charge is 2.32. The summed E-state index contributed by atoms with van der Waals surface area (Å²) in [5.41, 5.74) is 2.46. The van der Waals surface area contributed by atoms with E-state index in [0.29, 0.717) is 5.92 Å². The summed E-state index contributed by atoms with van der Waals surface area (Å²) < 4.78 is 5.93. The van der Waals surface area contributed by atoms with Crippen molar-refractivity contribution in [2.24, 2.45) is 5.92 Å². The summed E-state index contributed by atoms with van der Waals surface area (Å²) in [7, 11) is 0. The standard InChI is InChI=1S/C15H24N2O/c1-4-6-17-14(15-12(3)5-7-18-15)13-8-11(2)9-16-10-13/h8-10,12,14-15,17H,4-7H2,1-3H3. The number of nitrogens with zero attached hydrogens (tertiary/aromatic N) is 1. The second-order valence-corrected chi connectivity index (χ2v) is 5.33. The zero-order chi connectivity index (χ0) is 13.0. The van der Waals surface area contributed by atoms with Crippen molar-refractivity contribution in [3.05, 3.63) is 29.6 Å². The van der Waals surface area contributed by atoms with Crippen LogP contribution >= 0.6 is 0 Å². The SMILES string of the molecule is CCCNC(c1cncc(C)c1)C1OCCC1C. The van der Waals surface area contributed by atoms with Gasteiger partial charge in [-0.15, -0.1) is 0 Å². The van der Waals surface area contributed by atoms with Gasteiger partial charge in [-0.1, -0.05) is 19.9 Å². The third-order valence-electron chi connectivity index (χ3n) is 3.64. The molecule has 0 radical (unpaired) electrons. The van der Waals surface area contributed by atoms with E-state index in [4.69, 9.17) is 4.74 Å². The third-order valence-corrected chi connectivity index (χ3v) is 3.64. The monoisotopic (exact) mass is 248 g/mol. The number of hydrogen-bond acceptors (Lipinski definition) is 3. The number of ether oxygens (including phenoxy) is 1. The van der Waals surface area contributed by atoms with Crippen molar-refractivity contribution in [3.63, 3.8) is 0 Å². The molecule has 18 heavy (non-hydrogen) atoms. The molecule has 0 amide bonds. The zero-order valence-electron chi connectivity index (χ0n) is 11.6. The van der Waals surface area contributed by atoms with Gasteiger partial charge in [-0.25, -0.2) is 0 Å². The van der Waals surface area contributed by atoms with E-state index < -0.39 is 0 Å². The second kappa shape index (κ2) is 6.30. The van der Waals surface area contributed by atoms with Gasteiger partial charge in [0.2, 0.25) is 0 Å². The van der Waals surface area contributed by atoms with Crippen LogP contribution in [0.4, 0.5) is 0 Å². The Balaban J connectivity index is 2.18. The van der Waals surface area contributed by atoms with E-state index in [0.717, 1.165) is 26.0 Å². The maximum Gasteiger partial charge on any atom is 0.0796 e. The van der Waals surface area contributed by atoms with E-state index in [9.17, 15) is 0 Å². The molecule has 1 aliphatic rings. The number of pyridine rings is 1. The van der Waals surface area contributed by atoms with Crippen LogP contribution in [0.2, 0.25) is 0 Å². The molecule has 2 heterocycles. The Labute approximate surface area is 110 Å². The fraction of sp³-hybridized carbons (Fsp3) is 0.667. The van der Waals surface area contributed by atoms with Gasteiger partial charge in [0.15, 0.2) is 0 Å². The van der Waals surface area contributed by atoms with Crippen molar-refractivity contribution >= 4 is 0 Å². The third kappa shape index (κ3) is 3.09. The van der Waals surface area contributed by atoms with Crippen LogP contribution in [-0.4, -0.2) is 24.2 Å². The van der Waals surface area contributed by atoms with Crippen LogP contribution in [-0.2, 0) is 4.74 Å².